The largest absolute Gasteiger partial charge is 0.394 e. The molecule has 5 N–H and O–H groups in total. The van der Waals surface area contributed by atoms with E-state index in [1.54, 1.807) is 20.9 Å². The number of rotatable bonds is 4. The maximum Gasteiger partial charge on any atom is 0.160 e. The molecule has 0 aromatic carbocycles. The normalized spacial score (nSPS) is 51.7. The minimum Gasteiger partial charge on any atom is -0.394 e. The van der Waals surface area contributed by atoms with E-state index in [2.05, 4.69) is 5.32 Å². The number of ether oxygens (including phenoxy) is 3. The summed E-state index contributed by atoms with van der Waals surface area (Å²) >= 11 is 0. The molecule has 8 heteroatoms. The second kappa shape index (κ2) is 7.28. The van der Waals surface area contributed by atoms with Crippen LogP contribution in [0.4, 0.5) is 0 Å². The van der Waals surface area contributed by atoms with E-state index < -0.39 is 54.6 Å². The van der Waals surface area contributed by atoms with Gasteiger partial charge in [-0.25, -0.2) is 0 Å². The van der Waals surface area contributed by atoms with Crippen molar-refractivity contribution in [2.45, 2.75) is 81.7 Å². The summed E-state index contributed by atoms with van der Waals surface area (Å²) in [5.74, 6) is 0. The third-order valence-electron chi connectivity index (χ3n) is 5.03. The molecular weight excluding hydrogens is 306 g/mol. The maximum atomic E-state index is 10.3. The molecule has 0 unspecified atom stereocenters. The van der Waals surface area contributed by atoms with Gasteiger partial charge in [0.1, 0.15) is 24.4 Å². The Morgan fingerprint density at radius 2 is 1.78 bits per heavy atom. The van der Waals surface area contributed by atoms with Gasteiger partial charge in [-0.1, -0.05) is 0 Å². The van der Waals surface area contributed by atoms with Crippen LogP contribution in [0.1, 0.15) is 27.2 Å². The summed E-state index contributed by atoms with van der Waals surface area (Å²) in [7, 11) is 1.76. The van der Waals surface area contributed by atoms with Crippen LogP contribution in [0.15, 0.2) is 0 Å². The molecule has 0 aromatic rings. The number of hydrogen-bond acceptors (Lipinski definition) is 8. The molecule has 2 saturated heterocycles. The van der Waals surface area contributed by atoms with Gasteiger partial charge in [-0.15, -0.1) is 0 Å². The molecule has 0 bridgehead atoms. The van der Waals surface area contributed by atoms with Gasteiger partial charge < -0.3 is 40.0 Å². The van der Waals surface area contributed by atoms with Crippen molar-refractivity contribution in [2.75, 3.05) is 13.7 Å². The lowest BCUT2D eigenvalue weighted by Gasteiger charge is -2.48. The maximum absolute atomic E-state index is 10.3. The van der Waals surface area contributed by atoms with Crippen LogP contribution in [0.5, 0.6) is 0 Å². The van der Waals surface area contributed by atoms with Crippen molar-refractivity contribution in [3.63, 3.8) is 0 Å². The highest BCUT2D eigenvalue weighted by Gasteiger charge is 2.48. The number of nitrogens with one attached hydrogen (secondary N) is 1. The van der Waals surface area contributed by atoms with Gasteiger partial charge in [-0.3, -0.25) is 0 Å². The van der Waals surface area contributed by atoms with E-state index in [-0.39, 0.29) is 6.61 Å². The molecular formula is C15H29NO7. The summed E-state index contributed by atoms with van der Waals surface area (Å²) in [5.41, 5.74) is -0.585. The van der Waals surface area contributed by atoms with Crippen LogP contribution in [0, 0.1) is 0 Å². The number of aliphatic hydroxyl groups is 4. The quantitative estimate of drug-likeness (QED) is 0.414. The highest BCUT2D eigenvalue weighted by Crippen LogP contribution is 2.32. The van der Waals surface area contributed by atoms with Gasteiger partial charge in [0.25, 0.3) is 0 Å². The summed E-state index contributed by atoms with van der Waals surface area (Å²) in [6, 6.07) is 0. The van der Waals surface area contributed by atoms with Crippen molar-refractivity contribution in [3.05, 3.63) is 0 Å². The summed E-state index contributed by atoms with van der Waals surface area (Å²) in [6.45, 7) is 4.96. The molecule has 0 spiro atoms. The minimum absolute atomic E-state index is 0.379. The van der Waals surface area contributed by atoms with E-state index >= 15 is 0 Å². The summed E-state index contributed by atoms with van der Waals surface area (Å²) in [5, 5.41) is 42.8. The third-order valence-corrected chi connectivity index (χ3v) is 5.03. The van der Waals surface area contributed by atoms with E-state index in [1.165, 1.54) is 0 Å². The van der Waals surface area contributed by atoms with E-state index in [1.807, 2.05) is 6.92 Å². The monoisotopic (exact) mass is 335 g/mol. The molecule has 8 nitrogen and oxygen atoms in total. The van der Waals surface area contributed by atoms with Gasteiger partial charge in [-0.05, 0) is 27.8 Å². The lowest BCUT2D eigenvalue weighted by molar-refractivity contribution is -0.306. The second-order valence-corrected chi connectivity index (χ2v) is 6.73. The SMILES string of the molecule is CN[C@@]1(C)C[C@H](O[C@@H]2[C@@H](O)[C@H](O)[C@@H](CO)O[C@H]2C)O[C@@H](C)[C@H]1O. The molecule has 0 aliphatic carbocycles. The third kappa shape index (κ3) is 3.69. The first kappa shape index (κ1) is 19.0. The van der Waals surface area contributed by atoms with Gasteiger partial charge in [-0.2, -0.15) is 0 Å². The van der Waals surface area contributed by atoms with Crippen molar-refractivity contribution in [1.82, 2.24) is 5.32 Å². The summed E-state index contributed by atoms with van der Waals surface area (Å²) in [6.07, 6.45) is -5.99. The lowest BCUT2D eigenvalue weighted by Crippen LogP contribution is -2.64. The molecule has 0 aromatic heterocycles. The number of hydrogen-bond donors (Lipinski definition) is 5. The standard InChI is InChI=1S/C15H29NO7/c1-7-13(12(19)11(18)9(6-17)21-7)23-10-5-15(3,16-4)14(20)8(2)22-10/h7-14,16-20H,5-6H2,1-4H3/t7-,8-,9+,10-,11+,12-,13-,14+,15-/m0/s1. The van der Waals surface area contributed by atoms with Crippen molar-refractivity contribution in [3.8, 4) is 0 Å². The average molecular weight is 335 g/mol. The van der Waals surface area contributed by atoms with Crippen molar-refractivity contribution >= 4 is 0 Å². The fourth-order valence-corrected chi connectivity index (χ4v) is 3.32. The van der Waals surface area contributed by atoms with Crippen LogP contribution in [-0.4, -0.2) is 88.6 Å². The Bertz CT molecular complexity index is 398. The van der Waals surface area contributed by atoms with E-state index in [4.69, 9.17) is 14.2 Å². The molecule has 0 radical (unpaired) electrons. The first-order chi connectivity index (χ1) is 10.7. The Kier molecular flexibility index (Phi) is 6.02. The topological polar surface area (TPSA) is 121 Å². The van der Waals surface area contributed by atoms with Gasteiger partial charge >= 0.3 is 0 Å². The highest BCUT2D eigenvalue weighted by molar-refractivity contribution is 4.98. The minimum atomic E-state index is -1.23. The number of aliphatic hydroxyl groups excluding tert-OH is 4. The van der Waals surface area contributed by atoms with Crippen LogP contribution < -0.4 is 5.32 Å². The predicted molar refractivity (Wildman–Crippen MR) is 80.7 cm³/mol. The van der Waals surface area contributed by atoms with Crippen LogP contribution in [0.2, 0.25) is 0 Å². The zero-order valence-corrected chi connectivity index (χ0v) is 14.0. The first-order valence-electron chi connectivity index (χ1n) is 8.04. The van der Waals surface area contributed by atoms with E-state index in [9.17, 15) is 20.4 Å². The Morgan fingerprint density at radius 1 is 1.13 bits per heavy atom. The molecule has 23 heavy (non-hydrogen) atoms. The molecule has 0 amide bonds. The fourth-order valence-electron chi connectivity index (χ4n) is 3.32. The summed E-state index contributed by atoms with van der Waals surface area (Å²) in [4.78, 5) is 0. The Balaban J connectivity index is 2.06. The molecule has 2 heterocycles. The van der Waals surface area contributed by atoms with Crippen molar-refractivity contribution in [1.29, 1.82) is 0 Å². The molecule has 0 saturated carbocycles. The molecule has 136 valence electrons. The van der Waals surface area contributed by atoms with E-state index in [0.29, 0.717) is 6.42 Å². The zero-order valence-electron chi connectivity index (χ0n) is 14.0. The zero-order chi connectivity index (χ0) is 17.4. The van der Waals surface area contributed by atoms with Crippen molar-refractivity contribution in [2.24, 2.45) is 0 Å². The van der Waals surface area contributed by atoms with Crippen LogP contribution in [-0.2, 0) is 14.2 Å². The van der Waals surface area contributed by atoms with Crippen molar-refractivity contribution < 1.29 is 34.6 Å². The molecule has 2 aliphatic rings. The lowest BCUT2D eigenvalue weighted by atomic mass is 9.85. The molecule has 9 atom stereocenters. The van der Waals surface area contributed by atoms with Crippen LogP contribution in [0.25, 0.3) is 0 Å². The van der Waals surface area contributed by atoms with Gasteiger partial charge in [0, 0.05) is 12.0 Å². The van der Waals surface area contributed by atoms with Crippen LogP contribution in [0.3, 0.4) is 0 Å². The van der Waals surface area contributed by atoms with E-state index in [0.717, 1.165) is 0 Å². The fraction of sp³-hybridized carbons (Fsp3) is 1.00. The highest BCUT2D eigenvalue weighted by atomic mass is 16.7. The molecule has 2 fully saturated rings. The summed E-state index contributed by atoms with van der Waals surface area (Å²) < 4.78 is 17.0. The predicted octanol–water partition coefficient (Wildman–Crippen LogP) is -1.65. The van der Waals surface area contributed by atoms with Crippen LogP contribution >= 0.6 is 0 Å². The molecule has 2 rings (SSSR count). The first-order valence-corrected chi connectivity index (χ1v) is 8.04. The average Bonchev–Trinajstić information content (AvgIpc) is 2.52. The molecule has 2 aliphatic heterocycles. The van der Waals surface area contributed by atoms with Gasteiger partial charge in [0.15, 0.2) is 6.29 Å². The Labute approximate surface area is 136 Å². The smallest absolute Gasteiger partial charge is 0.160 e. The second-order valence-electron chi connectivity index (χ2n) is 6.73. The van der Waals surface area contributed by atoms with Gasteiger partial charge in [0.2, 0.25) is 0 Å². The number of likely N-dealkylation sites (N-methyl/N-ethyl adjacent to an activating group) is 1. The van der Waals surface area contributed by atoms with Gasteiger partial charge in [0.05, 0.1) is 24.9 Å². The Morgan fingerprint density at radius 3 is 2.35 bits per heavy atom. The Hall–Kier alpha value is -0.320.